The van der Waals surface area contributed by atoms with Crippen LogP contribution in [0.5, 0.6) is 5.75 Å². The molecule has 5 atom stereocenters. The Bertz CT molecular complexity index is 1430. The third kappa shape index (κ3) is 4.53. The summed E-state index contributed by atoms with van der Waals surface area (Å²) in [4.78, 5) is 44.1. The van der Waals surface area contributed by atoms with Crippen LogP contribution in [0.15, 0.2) is 23.0 Å². The van der Waals surface area contributed by atoms with Crippen LogP contribution in [0.2, 0.25) is 0 Å². The van der Waals surface area contributed by atoms with Gasteiger partial charge in [0.15, 0.2) is 11.6 Å². The van der Waals surface area contributed by atoms with Gasteiger partial charge in [-0.2, -0.15) is 13.2 Å². The zero-order valence-corrected chi connectivity index (χ0v) is 23.8. The van der Waals surface area contributed by atoms with E-state index in [1.54, 1.807) is 44.1 Å². The number of primary amides is 1. The number of rotatable bonds is 5. The van der Waals surface area contributed by atoms with Gasteiger partial charge in [0.25, 0.3) is 5.91 Å². The molecule has 13 heteroatoms. The molecular weight excluding hydrogens is 557 g/mol. The number of alkyl halides is 3. The average molecular weight is 593 g/mol. The van der Waals surface area contributed by atoms with Crippen LogP contribution in [-0.4, -0.2) is 95.6 Å². The Hall–Kier alpha value is -3.58. The molecule has 1 aromatic carbocycles. The number of likely N-dealkylation sites (N-methyl/N-ethyl adjacent to an activating group) is 1. The maximum Gasteiger partial charge on any atom is 0.404 e. The highest BCUT2D eigenvalue weighted by molar-refractivity contribution is 6.28. The molecule has 5 rings (SSSR count). The average Bonchev–Trinajstić information content (AvgIpc) is 3.33. The van der Waals surface area contributed by atoms with Crippen LogP contribution in [0, 0.1) is 17.8 Å². The lowest BCUT2D eigenvalue weighted by Crippen LogP contribution is -2.55. The van der Waals surface area contributed by atoms with Gasteiger partial charge in [0.05, 0.1) is 17.5 Å². The Kier molecular flexibility index (Phi) is 7.33. The highest BCUT2D eigenvalue weighted by Crippen LogP contribution is 2.52. The van der Waals surface area contributed by atoms with Crippen molar-refractivity contribution in [2.24, 2.45) is 23.5 Å². The zero-order chi connectivity index (χ0) is 31.0. The predicted molar refractivity (Wildman–Crippen MR) is 147 cm³/mol. The van der Waals surface area contributed by atoms with Crippen LogP contribution in [0.25, 0.3) is 5.76 Å². The number of benzene rings is 1. The van der Waals surface area contributed by atoms with E-state index in [1.165, 1.54) is 4.90 Å². The Morgan fingerprint density at radius 1 is 1.12 bits per heavy atom. The number of ketones is 2. The summed E-state index contributed by atoms with van der Waals surface area (Å²) in [6.45, 7) is -0.0315. The van der Waals surface area contributed by atoms with E-state index >= 15 is 0 Å². The maximum atomic E-state index is 14.0. The summed E-state index contributed by atoms with van der Waals surface area (Å²) in [5, 5.41) is 33.8. The van der Waals surface area contributed by atoms with Crippen molar-refractivity contribution >= 4 is 28.9 Å². The summed E-state index contributed by atoms with van der Waals surface area (Å²) in [7, 11) is 6.75. The van der Waals surface area contributed by atoms with Crippen LogP contribution in [-0.2, 0) is 27.3 Å². The number of phenols is 1. The number of hydrogen-bond donors (Lipinski definition) is 4. The molecule has 0 spiro atoms. The summed E-state index contributed by atoms with van der Waals surface area (Å²) in [5.74, 6) is -6.93. The minimum atomic E-state index is -4.43. The first-order valence-corrected chi connectivity index (χ1v) is 13.8. The molecule has 1 amide bonds. The van der Waals surface area contributed by atoms with Gasteiger partial charge >= 0.3 is 6.18 Å². The quantitative estimate of drug-likeness (QED) is 0.299. The largest absolute Gasteiger partial charge is 0.510 e. The van der Waals surface area contributed by atoms with Gasteiger partial charge in [-0.15, -0.1) is 0 Å². The molecule has 1 saturated carbocycles. The van der Waals surface area contributed by atoms with E-state index in [1.807, 2.05) is 0 Å². The van der Waals surface area contributed by atoms with Crippen molar-refractivity contribution in [2.45, 2.75) is 50.5 Å². The topological polar surface area (TPSA) is 148 Å². The molecule has 1 aliphatic heterocycles. The number of anilines is 1. The van der Waals surface area contributed by atoms with Crippen LogP contribution < -0.4 is 10.6 Å². The molecule has 0 radical (unpaired) electrons. The van der Waals surface area contributed by atoms with E-state index in [-0.39, 0.29) is 49.1 Å². The maximum absolute atomic E-state index is 14.0. The van der Waals surface area contributed by atoms with Crippen LogP contribution >= 0.6 is 0 Å². The molecule has 4 aliphatic rings. The highest BCUT2D eigenvalue weighted by atomic mass is 19.4. The Morgan fingerprint density at radius 2 is 1.79 bits per heavy atom. The first kappa shape index (κ1) is 29.9. The third-order valence-electron chi connectivity index (χ3n) is 9.22. The monoisotopic (exact) mass is 592 g/mol. The number of amides is 1. The number of carbonyl (C=O) groups excluding carboxylic acids is 3. The van der Waals surface area contributed by atoms with Crippen LogP contribution in [0.3, 0.4) is 0 Å². The molecule has 5 N–H and O–H groups in total. The zero-order valence-electron chi connectivity index (χ0n) is 23.8. The number of aliphatic hydroxyl groups is 2. The lowest BCUT2D eigenvalue weighted by molar-refractivity contribution is -0.177. The number of fused-ring (bicyclic) bond motifs is 3. The minimum absolute atomic E-state index is 0.0436. The van der Waals surface area contributed by atoms with E-state index in [0.717, 1.165) is 0 Å². The summed E-state index contributed by atoms with van der Waals surface area (Å²) in [5.41, 5.74) is 5.90. The third-order valence-corrected chi connectivity index (χ3v) is 9.22. The van der Waals surface area contributed by atoms with Gasteiger partial charge in [-0.05, 0) is 69.8 Å². The molecular formula is C29H35F3N4O6. The number of aromatic hydroxyl groups is 1. The summed E-state index contributed by atoms with van der Waals surface area (Å²) >= 11 is 0. The van der Waals surface area contributed by atoms with Crippen LogP contribution in [0.1, 0.15) is 36.0 Å². The summed E-state index contributed by atoms with van der Waals surface area (Å²) < 4.78 is 41.0. The van der Waals surface area contributed by atoms with Crippen molar-refractivity contribution in [3.63, 3.8) is 0 Å². The Morgan fingerprint density at radius 3 is 2.36 bits per heavy atom. The molecule has 228 valence electrons. The van der Waals surface area contributed by atoms with Crippen molar-refractivity contribution in [1.82, 2.24) is 9.80 Å². The summed E-state index contributed by atoms with van der Waals surface area (Å²) in [6, 6.07) is -0.892. The fraction of sp³-hybridized carbons (Fsp3) is 0.552. The molecule has 2 fully saturated rings. The fourth-order valence-electron chi connectivity index (χ4n) is 7.49. The second kappa shape index (κ2) is 10.3. The molecule has 10 nitrogen and oxygen atoms in total. The number of aliphatic hydroxyl groups excluding tert-OH is 2. The Labute approximate surface area is 240 Å². The second-order valence-electron chi connectivity index (χ2n) is 12.1. The second-order valence-corrected chi connectivity index (χ2v) is 12.1. The van der Waals surface area contributed by atoms with Crippen LogP contribution in [0.4, 0.5) is 18.9 Å². The molecule has 0 aromatic heterocycles. The van der Waals surface area contributed by atoms with Crippen molar-refractivity contribution < 1.29 is 42.9 Å². The molecule has 1 saturated heterocycles. The standard InChI is InChI=1S/C29H35F3N4O6/c1-34(2)16-10-13(11-36-7-5-6-17(36)29(30,31)32)23(37)19-14(16)8-12-9-15-20(25(39)18(12)24(19)38)26(40)21(28(33)42)27(41)22(15)35(3)4/h10,12,15,17,20,22,37-38,41H,5-9,11H2,1-4H3,(H2,33,42)/t12?,15?,17?,20?,22-/m0/s1. The van der Waals surface area contributed by atoms with E-state index < -0.39 is 76.3 Å². The minimum Gasteiger partial charge on any atom is -0.510 e. The number of hydrogen-bond acceptors (Lipinski definition) is 9. The summed E-state index contributed by atoms with van der Waals surface area (Å²) in [6.07, 6.45) is -3.73. The first-order valence-electron chi connectivity index (χ1n) is 13.8. The van der Waals surface area contributed by atoms with Crippen molar-refractivity contribution in [3.05, 3.63) is 39.7 Å². The number of nitrogens with two attached hydrogens (primary N) is 1. The van der Waals surface area contributed by atoms with Crippen molar-refractivity contribution in [1.29, 1.82) is 0 Å². The van der Waals surface area contributed by atoms with Gasteiger partial charge in [0.1, 0.15) is 28.9 Å². The number of Topliss-reactive ketones (excluding diaryl/α,β-unsaturated/α-hetero) is 2. The van der Waals surface area contributed by atoms with E-state index in [2.05, 4.69) is 0 Å². The van der Waals surface area contributed by atoms with E-state index in [9.17, 15) is 42.9 Å². The van der Waals surface area contributed by atoms with Gasteiger partial charge in [-0.3, -0.25) is 24.2 Å². The lowest BCUT2D eigenvalue weighted by atomic mass is 9.59. The van der Waals surface area contributed by atoms with Crippen molar-refractivity contribution in [2.75, 3.05) is 39.6 Å². The first-order chi connectivity index (χ1) is 19.6. The van der Waals surface area contributed by atoms with E-state index in [4.69, 9.17) is 5.73 Å². The van der Waals surface area contributed by atoms with Crippen molar-refractivity contribution in [3.8, 4) is 5.75 Å². The number of carbonyl (C=O) groups is 3. The van der Waals surface area contributed by atoms with E-state index in [0.29, 0.717) is 17.7 Å². The molecule has 3 aliphatic carbocycles. The van der Waals surface area contributed by atoms with Gasteiger partial charge in [0.2, 0.25) is 0 Å². The smallest absolute Gasteiger partial charge is 0.404 e. The molecule has 42 heavy (non-hydrogen) atoms. The highest BCUT2D eigenvalue weighted by Gasteiger charge is 2.56. The number of halogens is 3. The Balaban J connectivity index is 1.63. The number of likely N-dealkylation sites (tertiary alicyclic amines) is 1. The van der Waals surface area contributed by atoms with Gasteiger partial charge in [0, 0.05) is 37.5 Å². The number of nitrogens with zero attached hydrogens (tertiary/aromatic N) is 3. The van der Waals surface area contributed by atoms with Gasteiger partial charge in [-0.25, -0.2) is 0 Å². The fourth-order valence-corrected chi connectivity index (χ4v) is 7.49. The molecule has 1 aromatic rings. The predicted octanol–water partition coefficient (Wildman–Crippen LogP) is 2.44. The lowest BCUT2D eigenvalue weighted by Gasteiger charge is -2.46. The molecule has 0 bridgehead atoms. The normalized spacial score (nSPS) is 28.2. The molecule has 1 heterocycles. The number of allylic oxidation sites excluding steroid dienone is 1. The van der Waals surface area contributed by atoms with Gasteiger partial charge < -0.3 is 26.0 Å². The number of phenolic OH excluding ortho intramolecular Hbond substituents is 1. The SMILES string of the molecule is CN(C)c1cc(CN2CCCC2C(F)(F)F)c(O)c2c1CC1CC3C(C(=O)C(C(N)=O)=C(O)[C@H]3N(C)C)C(=O)C1=C2O. The van der Waals surface area contributed by atoms with Gasteiger partial charge in [-0.1, -0.05) is 0 Å². The molecule has 4 unspecified atom stereocenters.